The number of hydrogen-bond acceptors (Lipinski definition) is 0. The summed E-state index contributed by atoms with van der Waals surface area (Å²) in [5, 5.41) is 0.827. The SMILES string of the molecule is Cc1cc(C(Br)Cc2ccccc2)ccc1Cl. The highest BCUT2D eigenvalue weighted by Gasteiger charge is 2.09. The van der Waals surface area contributed by atoms with Crippen LogP contribution in [0.3, 0.4) is 0 Å². The summed E-state index contributed by atoms with van der Waals surface area (Å²) >= 11 is 9.77. The molecule has 0 nitrogen and oxygen atoms in total. The van der Waals surface area contributed by atoms with Crippen LogP contribution in [0.15, 0.2) is 48.5 Å². The second-order valence-corrected chi connectivity index (χ2v) is 5.68. The van der Waals surface area contributed by atoms with Gasteiger partial charge < -0.3 is 0 Å². The van der Waals surface area contributed by atoms with Gasteiger partial charge in [0, 0.05) is 9.85 Å². The van der Waals surface area contributed by atoms with Gasteiger partial charge in [-0.3, -0.25) is 0 Å². The summed E-state index contributed by atoms with van der Waals surface area (Å²) in [4.78, 5) is 0.334. The van der Waals surface area contributed by atoms with Crippen molar-refractivity contribution in [1.82, 2.24) is 0 Å². The molecule has 1 atom stereocenters. The van der Waals surface area contributed by atoms with Crippen LogP contribution in [0.25, 0.3) is 0 Å². The highest BCUT2D eigenvalue weighted by atomic mass is 79.9. The third-order valence-corrected chi connectivity index (χ3v) is 4.08. The van der Waals surface area contributed by atoms with Crippen LogP contribution < -0.4 is 0 Å². The first-order valence-corrected chi connectivity index (χ1v) is 6.90. The largest absolute Gasteiger partial charge is 0.0841 e. The van der Waals surface area contributed by atoms with Gasteiger partial charge in [0.25, 0.3) is 0 Å². The molecule has 2 heteroatoms. The van der Waals surface area contributed by atoms with Gasteiger partial charge >= 0.3 is 0 Å². The molecule has 0 heterocycles. The standard InChI is InChI=1S/C15H14BrCl/c1-11-9-13(7-8-15(11)17)14(16)10-12-5-3-2-4-6-12/h2-9,14H,10H2,1H3. The maximum Gasteiger partial charge on any atom is 0.0435 e. The predicted octanol–water partition coefficient (Wildman–Crippen LogP) is 5.33. The Labute approximate surface area is 116 Å². The average molecular weight is 310 g/mol. The van der Waals surface area contributed by atoms with Crippen molar-refractivity contribution >= 4 is 27.5 Å². The normalized spacial score (nSPS) is 12.4. The van der Waals surface area contributed by atoms with Crippen molar-refractivity contribution in [1.29, 1.82) is 0 Å². The Hall–Kier alpha value is -0.790. The zero-order valence-electron chi connectivity index (χ0n) is 9.66. The Morgan fingerprint density at radius 1 is 1.12 bits per heavy atom. The molecule has 0 saturated carbocycles. The van der Waals surface area contributed by atoms with E-state index in [4.69, 9.17) is 11.6 Å². The summed E-state index contributed by atoms with van der Waals surface area (Å²) in [5.74, 6) is 0. The van der Waals surface area contributed by atoms with Gasteiger partial charge in [0.1, 0.15) is 0 Å². The molecule has 0 aliphatic rings. The minimum Gasteiger partial charge on any atom is -0.0841 e. The topological polar surface area (TPSA) is 0 Å². The van der Waals surface area contributed by atoms with Crippen LogP contribution in [0.1, 0.15) is 21.5 Å². The zero-order chi connectivity index (χ0) is 12.3. The molecule has 0 fully saturated rings. The van der Waals surface area contributed by atoms with Gasteiger partial charge in [0.2, 0.25) is 0 Å². The predicted molar refractivity (Wildman–Crippen MR) is 78.0 cm³/mol. The molecule has 17 heavy (non-hydrogen) atoms. The molecule has 2 aromatic rings. The van der Waals surface area contributed by atoms with Crippen LogP contribution in [-0.2, 0) is 6.42 Å². The van der Waals surface area contributed by atoms with Gasteiger partial charge in [-0.05, 0) is 36.1 Å². The molecule has 2 rings (SSSR count). The highest BCUT2D eigenvalue weighted by molar-refractivity contribution is 9.09. The molecule has 0 radical (unpaired) electrons. The third kappa shape index (κ3) is 3.34. The summed E-state index contributed by atoms with van der Waals surface area (Å²) in [6.07, 6.45) is 0.988. The second kappa shape index (κ2) is 5.70. The first-order valence-electron chi connectivity index (χ1n) is 5.61. The van der Waals surface area contributed by atoms with E-state index < -0.39 is 0 Å². The number of alkyl halides is 1. The first-order chi connectivity index (χ1) is 8.16. The van der Waals surface area contributed by atoms with E-state index in [1.807, 2.05) is 19.1 Å². The number of halogens is 2. The molecule has 0 bridgehead atoms. The molecule has 0 aliphatic heterocycles. The smallest absolute Gasteiger partial charge is 0.0435 e. The summed E-state index contributed by atoms with van der Waals surface area (Å²) in [6.45, 7) is 2.04. The Morgan fingerprint density at radius 2 is 1.82 bits per heavy atom. The maximum absolute atomic E-state index is 6.03. The summed E-state index contributed by atoms with van der Waals surface area (Å²) < 4.78 is 0. The molecule has 0 aromatic heterocycles. The minimum atomic E-state index is 0.334. The third-order valence-electron chi connectivity index (χ3n) is 2.80. The van der Waals surface area contributed by atoms with Gasteiger partial charge in [0.05, 0.1) is 0 Å². The Kier molecular flexibility index (Phi) is 4.25. The van der Waals surface area contributed by atoms with Gasteiger partial charge in [-0.25, -0.2) is 0 Å². The molecule has 0 N–H and O–H groups in total. The Morgan fingerprint density at radius 3 is 2.47 bits per heavy atom. The van der Waals surface area contributed by atoms with Crippen molar-refractivity contribution in [2.45, 2.75) is 18.2 Å². The summed E-state index contributed by atoms with van der Waals surface area (Å²) in [5.41, 5.74) is 3.74. The lowest BCUT2D eigenvalue weighted by atomic mass is 10.0. The van der Waals surface area contributed by atoms with Crippen LogP contribution in [0.4, 0.5) is 0 Å². The Balaban J connectivity index is 2.14. The molecule has 0 spiro atoms. The lowest BCUT2D eigenvalue weighted by Gasteiger charge is -2.11. The fraction of sp³-hybridized carbons (Fsp3) is 0.200. The molecule has 0 amide bonds. The highest BCUT2D eigenvalue weighted by Crippen LogP contribution is 2.29. The summed E-state index contributed by atoms with van der Waals surface area (Å²) in [7, 11) is 0. The fourth-order valence-electron chi connectivity index (χ4n) is 1.80. The van der Waals surface area contributed by atoms with E-state index in [-0.39, 0.29) is 0 Å². The van der Waals surface area contributed by atoms with Crippen LogP contribution >= 0.6 is 27.5 Å². The van der Waals surface area contributed by atoms with E-state index in [9.17, 15) is 0 Å². The molecule has 1 unspecified atom stereocenters. The summed E-state index contributed by atoms with van der Waals surface area (Å²) in [6, 6.07) is 16.7. The molecule has 0 aliphatic carbocycles. The number of hydrogen-bond donors (Lipinski definition) is 0. The van der Waals surface area contributed by atoms with Gasteiger partial charge in [-0.1, -0.05) is 70.0 Å². The first kappa shape index (κ1) is 12.7. The van der Waals surface area contributed by atoms with E-state index in [2.05, 4.69) is 52.3 Å². The zero-order valence-corrected chi connectivity index (χ0v) is 12.0. The minimum absolute atomic E-state index is 0.334. The van der Waals surface area contributed by atoms with E-state index in [1.54, 1.807) is 0 Å². The van der Waals surface area contributed by atoms with Crippen molar-refractivity contribution in [3.63, 3.8) is 0 Å². The van der Waals surface area contributed by atoms with Crippen LogP contribution in [0.5, 0.6) is 0 Å². The van der Waals surface area contributed by atoms with Crippen LogP contribution in [-0.4, -0.2) is 0 Å². The van der Waals surface area contributed by atoms with E-state index >= 15 is 0 Å². The van der Waals surface area contributed by atoms with Crippen LogP contribution in [0, 0.1) is 6.92 Å². The van der Waals surface area contributed by atoms with Crippen molar-refractivity contribution in [2.24, 2.45) is 0 Å². The number of aryl methyl sites for hydroxylation is 1. The number of rotatable bonds is 3. The van der Waals surface area contributed by atoms with Crippen LogP contribution in [0.2, 0.25) is 5.02 Å². The lowest BCUT2D eigenvalue weighted by molar-refractivity contribution is 0.947. The van der Waals surface area contributed by atoms with E-state index in [1.165, 1.54) is 11.1 Å². The van der Waals surface area contributed by atoms with Crippen molar-refractivity contribution < 1.29 is 0 Å². The molecule has 2 aromatic carbocycles. The van der Waals surface area contributed by atoms with Crippen molar-refractivity contribution in [3.8, 4) is 0 Å². The Bertz CT molecular complexity index is 494. The van der Waals surface area contributed by atoms with Gasteiger partial charge in [-0.2, -0.15) is 0 Å². The van der Waals surface area contributed by atoms with E-state index in [0.717, 1.165) is 17.0 Å². The van der Waals surface area contributed by atoms with Crippen molar-refractivity contribution in [2.75, 3.05) is 0 Å². The molecular formula is C15H14BrCl. The van der Waals surface area contributed by atoms with E-state index in [0.29, 0.717) is 4.83 Å². The number of benzene rings is 2. The maximum atomic E-state index is 6.03. The second-order valence-electron chi connectivity index (χ2n) is 4.17. The fourth-order valence-corrected chi connectivity index (χ4v) is 2.58. The molecular weight excluding hydrogens is 296 g/mol. The lowest BCUT2D eigenvalue weighted by Crippen LogP contribution is -1.95. The quantitative estimate of drug-likeness (QED) is 0.672. The van der Waals surface area contributed by atoms with Crippen molar-refractivity contribution in [3.05, 3.63) is 70.2 Å². The average Bonchev–Trinajstić information content (AvgIpc) is 2.34. The van der Waals surface area contributed by atoms with Gasteiger partial charge in [0.15, 0.2) is 0 Å². The monoisotopic (exact) mass is 308 g/mol. The van der Waals surface area contributed by atoms with Gasteiger partial charge in [-0.15, -0.1) is 0 Å². The molecule has 88 valence electrons. The molecule has 0 saturated heterocycles.